The molecule has 0 radical (unpaired) electrons. The molecule has 142 valence electrons. The Morgan fingerprint density at radius 3 is 2.88 bits per heavy atom. The van der Waals surface area contributed by atoms with Gasteiger partial charge in [0.25, 0.3) is 5.89 Å². The van der Waals surface area contributed by atoms with Crippen molar-refractivity contribution < 1.29 is 12.9 Å². The molecule has 1 saturated heterocycles. The van der Waals surface area contributed by atoms with Crippen LogP contribution in [0.25, 0.3) is 11.5 Å². The summed E-state index contributed by atoms with van der Waals surface area (Å²) in [5.41, 5.74) is 0.601. The lowest BCUT2D eigenvalue weighted by Gasteiger charge is -2.30. The highest BCUT2D eigenvalue weighted by Gasteiger charge is 2.29. The molecule has 1 aromatic carbocycles. The molecule has 1 atom stereocenters. The molecule has 1 aliphatic carbocycles. The Balaban J connectivity index is 0.00000196. The van der Waals surface area contributed by atoms with E-state index in [2.05, 4.69) is 25.1 Å². The van der Waals surface area contributed by atoms with Gasteiger partial charge in [-0.05, 0) is 38.1 Å². The summed E-state index contributed by atoms with van der Waals surface area (Å²) in [7, 11) is -1.48. The molecular formula is C16H22ClN5O3S. The molecule has 2 aliphatic rings. The first-order chi connectivity index (χ1) is 12.0. The minimum absolute atomic E-state index is 0. The van der Waals surface area contributed by atoms with E-state index >= 15 is 0 Å². The molecule has 1 aliphatic heterocycles. The van der Waals surface area contributed by atoms with Crippen LogP contribution in [0, 0.1) is 0 Å². The first kappa shape index (κ1) is 19.2. The van der Waals surface area contributed by atoms with Gasteiger partial charge in [-0.3, -0.25) is 4.90 Å². The number of halogens is 1. The number of hydrogen-bond donors (Lipinski definition) is 2. The summed E-state index contributed by atoms with van der Waals surface area (Å²) in [5, 5.41) is 7.40. The summed E-state index contributed by atoms with van der Waals surface area (Å²) >= 11 is 0. The van der Waals surface area contributed by atoms with E-state index in [0.717, 1.165) is 32.5 Å². The van der Waals surface area contributed by atoms with Gasteiger partial charge >= 0.3 is 0 Å². The fourth-order valence-corrected chi connectivity index (χ4v) is 4.22. The van der Waals surface area contributed by atoms with Gasteiger partial charge in [0.2, 0.25) is 10.0 Å². The first-order valence-corrected chi connectivity index (χ1v) is 9.88. The maximum atomic E-state index is 12.4. The minimum atomic E-state index is -3.51. The standard InChI is InChI=1S/C16H21N5O3S.ClH/c1-21-8-7-17-10-14(21)15-18-16(24-19-15)11-3-2-4-13(9-11)25(22,23)20-12-5-6-12;/h2-4,9,12,14,17,20H,5-8,10H2,1H3;1H. The van der Waals surface area contributed by atoms with E-state index in [-0.39, 0.29) is 29.4 Å². The van der Waals surface area contributed by atoms with Crippen molar-refractivity contribution in [3.63, 3.8) is 0 Å². The molecule has 2 fully saturated rings. The van der Waals surface area contributed by atoms with Gasteiger partial charge in [-0.15, -0.1) is 12.4 Å². The van der Waals surface area contributed by atoms with Gasteiger partial charge < -0.3 is 9.84 Å². The average molecular weight is 400 g/mol. The van der Waals surface area contributed by atoms with Crippen LogP contribution in [0.1, 0.15) is 24.7 Å². The van der Waals surface area contributed by atoms with Crippen molar-refractivity contribution in [2.24, 2.45) is 0 Å². The quantitative estimate of drug-likeness (QED) is 0.778. The molecule has 4 rings (SSSR count). The number of rotatable bonds is 5. The van der Waals surface area contributed by atoms with E-state index in [1.54, 1.807) is 24.3 Å². The predicted octanol–water partition coefficient (Wildman–Crippen LogP) is 1.18. The zero-order valence-electron chi connectivity index (χ0n) is 14.4. The third-order valence-corrected chi connectivity index (χ3v) is 6.06. The van der Waals surface area contributed by atoms with E-state index in [9.17, 15) is 8.42 Å². The molecule has 26 heavy (non-hydrogen) atoms. The van der Waals surface area contributed by atoms with Crippen molar-refractivity contribution in [3.05, 3.63) is 30.1 Å². The molecule has 8 nitrogen and oxygen atoms in total. The molecule has 2 aromatic rings. The molecule has 0 amide bonds. The van der Waals surface area contributed by atoms with Gasteiger partial charge in [-0.2, -0.15) is 4.98 Å². The van der Waals surface area contributed by atoms with Crippen LogP contribution in [0.3, 0.4) is 0 Å². The largest absolute Gasteiger partial charge is 0.334 e. The highest BCUT2D eigenvalue weighted by molar-refractivity contribution is 7.89. The summed E-state index contributed by atoms with van der Waals surface area (Å²) in [4.78, 5) is 6.86. The third kappa shape index (κ3) is 4.07. The summed E-state index contributed by atoms with van der Waals surface area (Å²) in [5.74, 6) is 0.937. The van der Waals surface area contributed by atoms with Crippen molar-refractivity contribution in [2.45, 2.75) is 29.8 Å². The van der Waals surface area contributed by atoms with Crippen LogP contribution in [0.4, 0.5) is 0 Å². The SMILES string of the molecule is CN1CCNCC1c1noc(-c2cccc(S(=O)(=O)NC3CC3)c2)n1.Cl. The first-order valence-electron chi connectivity index (χ1n) is 8.40. The van der Waals surface area contributed by atoms with E-state index in [0.29, 0.717) is 17.3 Å². The van der Waals surface area contributed by atoms with Gasteiger partial charge in [0.1, 0.15) is 0 Å². The normalized spacial score (nSPS) is 21.3. The molecule has 2 N–H and O–H groups in total. The molecule has 1 unspecified atom stereocenters. The van der Waals surface area contributed by atoms with Crippen molar-refractivity contribution >= 4 is 22.4 Å². The lowest BCUT2D eigenvalue weighted by atomic mass is 10.2. The van der Waals surface area contributed by atoms with E-state index in [1.165, 1.54) is 0 Å². The third-order valence-electron chi connectivity index (χ3n) is 4.54. The van der Waals surface area contributed by atoms with Gasteiger partial charge in [0, 0.05) is 31.2 Å². The molecule has 1 aromatic heterocycles. The Kier molecular flexibility index (Phi) is 5.64. The lowest BCUT2D eigenvalue weighted by molar-refractivity contribution is 0.190. The smallest absolute Gasteiger partial charge is 0.258 e. The van der Waals surface area contributed by atoms with Crippen molar-refractivity contribution in [3.8, 4) is 11.5 Å². The fraction of sp³-hybridized carbons (Fsp3) is 0.500. The van der Waals surface area contributed by atoms with Crippen LogP contribution >= 0.6 is 12.4 Å². The van der Waals surface area contributed by atoms with Crippen molar-refractivity contribution in [1.82, 2.24) is 25.1 Å². The van der Waals surface area contributed by atoms with Gasteiger partial charge in [0.15, 0.2) is 5.82 Å². The number of nitrogens with zero attached hydrogens (tertiary/aromatic N) is 3. The van der Waals surface area contributed by atoms with E-state index < -0.39 is 10.0 Å². The average Bonchev–Trinajstić information content (AvgIpc) is 3.27. The topological polar surface area (TPSA) is 100 Å². The number of hydrogen-bond acceptors (Lipinski definition) is 7. The number of benzene rings is 1. The second kappa shape index (κ2) is 7.61. The summed E-state index contributed by atoms with van der Waals surface area (Å²) < 4.78 is 32.8. The highest BCUT2D eigenvalue weighted by Crippen LogP contribution is 2.26. The van der Waals surface area contributed by atoms with Crippen molar-refractivity contribution in [2.75, 3.05) is 26.7 Å². The summed E-state index contributed by atoms with van der Waals surface area (Å²) in [6, 6.07) is 6.73. The Labute approximate surface area is 158 Å². The second-order valence-corrected chi connectivity index (χ2v) is 8.30. The Morgan fingerprint density at radius 1 is 1.35 bits per heavy atom. The molecule has 2 heterocycles. The Morgan fingerprint density at radius 2 is 2.15 bits per heavy atom. The van der Waals surface area contributed by atoms with Gasteiger partial charge in [-0.1, -0.05) is 11.2 Å². The molecule has 0 bridgehead atoms. The molecule has 10 heteroatoms. The number of nitrogens with one attached hydrogen (secondary N) is 2. The van der Waals surface area contributed by atoms with E-state index in [1.807, 2.05) is 7.05 Å². The maximum absolute atomic E-state index is 12.4. The lowest BCUT2D eigenvalue weighted by Crippen LogP contribution is -2.44. The second-order valence-electron chi connectivity index (χ2n) is 6.58. The molecule has 0 spiro atoms. The van der Waals surface area contributed by atoms with Crippen LogP contribution in [-0.4, -0.2) is 56.2 Å². The maximum Gasteiger partial charge on any atom is 0.258 e. The van der Waals surface area contributed by atoms with Crippen LogP contribution in [0.5, 0.6) is 0 Å². The monoisotopic (exact) mass is 399 g/mol. The van der Waals surface area contributed by atoms with Crippen LogP contribution in [0.2, 0.25) is 0 Å². The predicted molar refractivity (Wildman–Crippen MR) is 98.6 cm³/mol. The zero-order chi connectivity index (χ0) is 17.4. The Bertz CT molecular complexity index is 868. The van der Waals surface area contributed by atoms with E-state index in [4.69, 9.17) is 4.52 Å². The van der Waals surface area contributed by atoms with Crippen LogP contribution < -0.4 is 10.0 Å². The number of aromatic nitrogens is 2. The number of sulfonamides is 1. The summed E-state index contributed by atoms with van der Waals surface area (Å²) in [6.45, 7) is 2.61. The Hall–Kier alpha value is -1.52. The highest BCUT2D eigenvalue weighted by atomic mass is 35.5. The number of piperazine rings is 1. The summed E-state index contributed by atoms with van der Waals surface area (Å²) in [6.07, 6.45) is 1.80. The molecular weight excluding hydrogens is 378 g/mol. The van der Waals surface area contributed by atoms with Crippen LogP contribution in [0.15, 0.2) is 33.7 Å². The molecule has 1 saturated carbocycles. The fourth-order valence-electron chi connectivity index (χ4n) is 2.87. The van der Waals surface area contributed by atoms with Gasteiger partial charge in [-0.25, -0.2) is 13.1 Å². The zero-order valence-corrected chi connectivity index (χ0v) is 16.0. The van der Waals surface area contributed by atoms with Crippen LogP contribution in [-0.2, 0) is 10.0 Å². The van der Waals surface area contributed by atoms with Gasteiger partial charge in [0.05, 0.1) is 10.9 Å². The number of likely N-dealkylation sites (N-methyl/N-ethyl adjacent to an activating group) is 1. The minimum Gasteiger partial charge on any atom is -0.334 e. The van der Waals surface area contributed by atoms with Crippen molar-refractivity contribution in [1.29, 1.82) is 0 Å².